The van der Waals surface area contributed by atoms with Gasteiger partial charge in [0.1, 0.15) is 0 Å². The summed E-state index contributed by atoms with van der Waals surface area (Å²) in [7, 11) is 2.15. The van der Waals surface area contributed by atoms with Crippen molar-refractivity contribution in [1.82, 2.24) is 15.1 Å². The molecule has 2 heterocycles. The lowest BCUT2D eigenvalue weighted by Crippen LogP contribution is -2.61. The summed E-state index contributed by atoms with van der Waals surface area (Å²) in [5.74, 6) is 0. The lowest BCUT2D eigenvalue weighted by atomic mass is 9.87. The fraction of sp³-hybridized carbons (Fsp3) is 1.00. The molecule has 0 bridgehead atoms. The predicted molar refractivity (Wildman–Crippen MR) is 75.9 cm³/mol. The van der Waals surface area contributed by atoms with E-state index in [1.807, 2.05) is 0 Å². The molecule has 1 N–H and O–H groups in total. The summed E-state index contributed by atoms with van der Waals surface area (Å²) in [5.41, 5.74) is 0. The van der Waals surface area contributed by atoms with Crippen LogP contribution in [-0.2, 0) is 0 Å². The van der Waals surface area contributed by atoms with Crippen LogP contribution < -0.4 is 5.32 Å². The average molecular weight is 251 g/mol. The molecule has 2 aliphatic heterocycles. The van der Waals surface area contributed by atoms with Crippen molar-refractivity contribution in [2.75, 3.05) is 33.2 Å². The van der Waals surface area contributed by atoms with E-state index in [0.717, 1.165) is 18.1 Å². The minimum absolute atomic E-state index is 0.744. The van der Waals surface area contributed by atoms with Crippen LogP contribution in [0.5, 0.6) is 0 Å². The number of hydrogen-bond acceptors (Lipinski definition) is 3. The van der Waals surface area contributed by atoms with Gasteiger partial charge in [-0.3, -0.25) is 9.80 Å². The number of rotatable bonds is 2. The summed E-state index contributed by atoms with van der Waals surface area (Å²) in [5, 5.41) is 3.57. The molecule has 3 aliphatic rings. The first kappa shape index (κ1) is 12.9. The van der Waals surface area contributed by atoms with Crippen LogP contribution in [-0.4, -0.2) is 61.2 Å². The van der Waals surface area contributed by atoms with Gasteiger partial charge < -0.3 is 5.32 Å². The summed E-state index contributed by atoms with van der Waals surface area (Å²) >= 11 is 0. The maximum absolute atomic E-state index is 3.57. The second-order valence-electron chi connectivity index (χ2n) is 6.43. The molecule has 1 saturated carbocycles. The Morgan fingerprint density at radius 3 is 2.50 bits per heavy atom. The van der Waals surface area contributed by atoms with E-state index in [1.165, 1.54) is 71.1 Å². The van der Waals surface area contributed by atoms with Gasteiger partial charge in [-0.2, -0.15) is 0 Å². The fourth-order valence-corrected chi connectivity index (χ4v) is 4.37. The largest absolute Gasteiger partial charge is 0.315 e. The molecule has 3 atom stereocenters. The van der Waals surface area contributed by atoms with Crippen molar-refractivity contribution in [3.8, 4) is 0 Å². The lowest BCUT2D eigenvalue weighted by Gasteiger charge is -2.49. The van der Waals surface area contributed by atoms with Crippen LogP contribution in [0.3, 0.4) is 0 Å². The predicted octanol–water partition coefficient (Wildman–Crippen LogP) is 1.69. The van der Waals surface area contributed by atoms with E-state index in [2.05, 4.69) is 22.2 Å². The maximum atomic E-state index is 3.57. The maximum Gasteiger partial charge on any atom is 0.0250 e. The van der Waals surface area contributed by atoms with Crippen molar-refractivity contribution >= 4 is 0 Å². The van der Waals surface area contributed by atoms with Crippen molar-refractivity contribution in [3.63, 3.8) is 0 Å². The van der Waals surface area contributed by atoms with Crippen LogP contribution in [0.25, 0.3) is 0 Å². The Morgan fingerprint density at radius 1 is 0.833 bits per heavy atom. The lowest BCUT2D eigenvalue weighted by molar-refractivity contribution is 0.00982. The molecule has 0 aromatic carbocycles. The third-order valence-electron chi connectivity index (χ3n) is 5.44. The topological polar surface area (TPSA) is 18.5 Å². The van der Waals surface area contributed by atoms with Crippen molar-refractivity contribution in [2.45, 2.75) is 63.1 Å². The van der Waals surface area contributed by atoms with E-state index in [0.29, 0.717) is 0 Å². The van der Waals surface area contributed by atoms with Crippen LogP contribution in [0, 0.1) is 0 Å². The Hall–Kier alpha value is -0.120. The average Bonchev–Trinajstić information content (AvgIpc) is 2.46. The van der Waals surface area contributed by atoms with Gasteiger partial charge in [0.25, 0.3) is 0 Å². The van der Waals surface area contributed by atoms with Crippen LogP contribution in [0.1, 0.15) is 44.9 Å². The van der Waals surface area contributed by atoms with Crippen molar-refractivity contribution in [3.05, 3.63) is 0 Å². The summed E-state index contributed by atoms with van der Waals surface area (Å²) in [6.45, 7) is 5.32. The molecular weight excluding hydrogens is 222 g/mol. The quantitative estimate of drug-likeness (QED) is 0.806. The number of hydrogen-bond donors (Lipinski definition) is 1. The summed E-state index contributed by atoms with van der Waals surface area (Å²) in [6.07, 6.45) is 9.98. The summed E-state index contributed by atoms with van der Waals surface area (Å²) in [4.78, 5) is 5.56. The highest BCUT2D eigenvalue weighted by atomic mass is 15.3. The SMILES string of the molecule is CNC1CCCCC1N1CCN2CCCCC2C1. The molecule has 0 radical (unpaired) electrons. The smallest absolute Gasteiger partial charge is 0.0250 e. The van der Waals surface area contributed by atoms with Gasteiger partial charge in [0.2, 0.25) is 0 Å². The zero-order valence-corrected chi connectivity index (χ0v) is 11.9. The second-order valence-corrected chi connectivity index (χ2v) is 6.43. The van der Waals surface area contributed by atoms with Crippen LogP contribution in [0.15, 0.2) is 0 Å². The van der Waals surface area contributed by atoms with E-state index in [9.17, 15) is 0 Å². The standard InChI is InChI=1S/C15H29N3/c1-16-14-7-2-3-8-15(14)18-11-10-17-9-5-4-6-13(17)12-18/h13-16H,2-12H2,1H3. The molecule has 0 aromatic rings. The normalized spacial score (nSPS) is 39.5. The minimum atomic E-state index is 0.744. The van der Waals surface area contributed by atoms with Gasteiger partial charge in [-0.05, 0) is 39.3 Å². The first-order chi connectivity index (χ1) is 8.88. The molecule has 0 amide bonds. The van der Waals surface area contributed by atoms with Gasteiger partial charge in [0.05, 0.1) is 0 Å². The monoisotopic (exact) mass is 251 g/mol. The molecule has 0 spiro atoms. The summed E-state index contributed by atoms with van der Waals surface area (Å²) < 4.78 is 0. The Kier molecular flexibility index (Phi) is 4.22. The molecule has 3 fully saturated rings. The van der Waals surface area contributed by atoms with Gasteiger partial charge in [0.15, 0.2) is 0 Å². The van der Waals surface area contributed by atoms with E-state index < -0.39 is 0 Å². The number of piperidine rings is 1. The number of nitrogens with one attached hydrogen (secondary N) is 1. The molecular formula is C15H29N3. The van der Waals surface area contributed by atoms with Crippen LogP contribution in [0.2, 0.25) is 0 Å². The van der Waals surface area contributed by atoms with E-state index in [-0.39, 0.29) is 0 Å². The molecule has 104 valence electrons. The highest BCUT2D eigenvalue weighted by Crippen LogP contribution is 2.28. The highest BCUT2D eigenvalue weighted by Gasteiger charge is 2.35. The molecule has 3 unspecified atom stereocenters. The van der Waals surface area contributed by atoms with Crippen LogP contribution >= 0.6 is 0 Å². The molecule has 0 aromatic heterocycles. The Bertz CT molecular complexity index is 268. The van der Waals surface area contributed by atoms with Crippen molar-refractivity contribution in [1.29, 1.82) is 0 Å². The number of fused-ring (bicyclic) bond motifs is 1. The first-order valence-electron chi connectivity index (χ1n) is 8.04. The highest BCUT2D eigenvalue weighted by molar-refractivity contribution is 4.93. The van der Waals surface area contributed by atoms with Crippen molar-refractivity contribution in [2.24, 2.45) is 0 Å². The molecule has 3 rings (SSSR count). The number of piperazine rings is 1. The third-order valence-corrected chi connectivity index (χ3v) is 5.44. The minimum Gasteiger partial charge on any atom is -0.315 e. The summed E-state index contributed by atoms with van der Waals surface area (Å²) in [6, 6.07) is 2.42. The van der Waals surface area contributed by atoms with E-state index in [4.69, 9.17) is 0 Å². The van der Waals surface area contributed by atoms with E-state index in [1.54, 1.807) is 0 Å². The van der Waals surface area contributed by atoms with Crippen LogP contribution in [0.4, 0.5) is 0 Å². The number of nitrogens with zero attached hydrogens (tertiary/aromatic N) is 2. The Balaban J connectivity index is 1.61. The van der Waals surface area contributed by atoms with Crippen molar-refractivity contribution < 1.29 is 0 Å². The zero-order chi connectivity index (χ0) is 12.4. The molecule has 3 nitrogen and oxygen atoms in total. The number of likely N-dealkylation sites (N-methyl/N-ethyl adjacent to an activating group) is 1. The molecule has 18 heavy (non-hydrogen) atoms. The zero-order valence-electron chi connectivity index (χ0n) is 11.9. The Labute approximate surface area is 112 Å². The third kappa shape index (κ3) is 2.59. The molecule has 3 heteroatoms. The molecule has 1 aliphatic carbocycles. The Morgan fingerprint density at radius 2 is 1.61 bits per heavy atom. The first-order valence-corrected chi connectivity index (χ1v) is 8.04. The van der Waals surface area contributed by atoms with Gasteiger partial charge in [0, 0.05) is 37.8 Å². The van der Waals surface area contributed by atoms with E-state index >= 15 is 0 Å². The second kappa shape index (κ2) is 5.89. The molecule has 2 saturated heterocycles. The van der Waals surface area contributed by atoms with Gasteiger partial charge >= 0.3 is 0 Å². The van der Waals surface area contributed by atoms with Gasteiger partial charge in [-0.25, -0.2) is 0 Å². The van der Waals surface area contributed by atoms with Gasteiger partial charge in [-0.15, -0.1) is 0 Å². The van der Waals surface area contributed by atoms with Gasteiger partial charge in [-0.1, -0.05) is 19.3 Å². The fourth-order valence-electron chi connectivity index (χ4n) is 4.37.